The Kier molecular flexibility index (Phi) is 6.61. The van der Waals surface area contributed by atoms with Gasteiger partial charge in [-0.2, -0.15) is 0 Å². The van der Waals surface area contributed by atoms with Crippen molar-refractivity contribution in [1.29, 1.82) is 0 Å². The molecule has 5 nitrogen and oxygen atoms in total. The molecule has 0 saturated carbocycles. The van der Waals surface area contributed by atoms with Crippen LogP contribution in [0.5, 0.6) is 0 Å². The van der Waals surface area contributed by atoms with Gasteiger partial charge in [0.05, 0.1) is 10.7 Å². The third-order valence-corrected chi connectivity index (χ3v) is 6.01. The predicted octanol–water partition coefficient (Wildman–Crippen LogP) is 3.54. The lowest BCUT2D eigenvalue weighted by molar-refractivity contribution is -0.120. The molecule has 6 heteroatoms. The number of likely N-dealkylation sites (tertiary alicyclic amines) is 1. The van der Waals surface area contributed by atoms with Gasteiger partial charge < -0.3 is 10.2 Å². The van der Waals surface area contributed by atoms with Crippen LogP contribution in [0.3, 0.4) is 0 Å². The van der Waals surface area contributed by atoms with E-state index >= 15 is 0 Å². The van der Waals surface area contributed by atoms with Crippen molar-refractivity contribution >= 4 is 23.2 Å². The number of benzene rings is 1. The van der Waals surface area contributed by atoms with Crippen LogP contribution < -0.4 is 5.32 Å². The second kappa shape index (κ2) is 9.13. The Balaban J connectivity index is 1.58. The second-order valence-corrected chi connectivity index (χ2v) is 7.98. The molecule has 1 aliphatic rings. The van der Waals surface area contributed by atoms with Gasteiger partial charge in [-0.15, -0.1) is 11.3 Å². The number of hydrogen-bond acceptors (Lipinski definition) is 4. The molecule has 0 bridgehead atoms. The number of thiazole rings is 1. The number of aryl methyl sites for hydroxylation is 1. The molecule has 1 saturated heterocycles. The average molecular weight is 386 g/mol. The maximum atomic E-state index is 12.8. The zero-order chi connectivity index (χ0) is 19.2. The van der Waals surface area contributed by atoms with Crippen molar-refractivity contribution in [3.05, 3.63) is 51.5 Å². The molecule has 0 aliphatic carbocycles. The van der Waals surface area contributed by atoms with Gasteiger partial charge in [0, 0.05) is 49.3 Å². The highest BCUT2D eigenvalue weighted by Gasteiger charge is 2.27. The van der Waals surface area contributed by atoms with Crippen molar-refractivity contribution in [3.8, 4) is 0 Å². The van der Waals surface area contributed by atoms with Crippen LogP contribution in [-0.2, 0) is 11.2 Å². The quantitative estimate of drug-likeness (QED) is 0.827. The largest absolute Gasteiger partial charge is 0.356 e. The number of nitrogens with zero attached hydrogens (tertiary/aromatic N) is 2. The highest BCUT2D eigenvalue weighted by Crippen LogP contribution is 2.30. The number of carbonyl (C=O) groups excluding carboxylic acids is 2. The molecule has 1 aromatic heterocycles. The minimum absolute atomic E-state index is 0.0722. The number of nitrogens with one attached hydrogen (secondary N) is 1. The van der Waals surface area contributed by atoms with Gasteiger partial charge in [0.2, 0.25) is 5.91 Å². The highest BCUT2D eigenvalue weighted by molar-refractivity contribution is 7.09. The molecule has 0 unspecified atom stereocenters. The van der Waals surface area contributed by atoms with Crippen molar-refractivity contribution in [1.82, 2.24) is 15.2 Å². The number of hydrogen-bond donors (Lipinski definition) is 1. The monoisotopic (exact) mass is 385 g/mol. The van der Waals surface area contributed by atoms with Gasteiger partial charge in [-0.1, -0.05) is 24.6 Å². The van der Waals surface area contributed by atoms with Crippen LogP contribution in [0, 0.1) is 6.92 Å². The smallest absolute Gasteiger partial charge is 0.253 e. The molecule has 27 heavy (non-hydrogen) atoms. The summed E-state index contributed by atoms with van der Waals surface area (Å²) in [5, 5.41) is 6.07. The summed E-state index contributed by atoms with van der Waals surface area (Å²) < 4.78 is 0. The standard InChI is InChI=1S/C21H27N3O2S/c1-3-19(25)22-11-10-18-14-27-20(23-18)17-5-4-12-24(13-17)21(26)16-8-6-15(2)7-9-16/h6-9,14,17H,3-5,10-13H2,1-2H3,(H,22,25)/t17-/m0/s1. The van der Waals surface area contributed by atoms with Gasteiger partial charge in [0.1, 0.15) is 0 Å². The summed E-state index contributed by atoms with van der Waals surface area (Å²) in [6, 6.07) is 7.79. The maximum Gasteiger partial charge on any atom is 0.253 e. The first-order valence-electron chi connectivity index (χ1n) is 9.63. The van der Waals surface area contributed by atoms with Crippen molar-refractivity contribution in [2.45, 2.75) is 45.4 Å². The van der Waals surface area contributed by atoms with Crippen LogP contribution in [-0.4, -0.2) is 41.3 Å². The van der Waals surface area contributed by atoms with Gasteiger partial charge in [-0.3, -0.25) is 9.59 Å². The third kappa shape index (κ3) is 5.16. The van der Waals surface area contributed by atoms with Crippen LogP contribution in [0.1, 0.15) is 58.7 Å². The van der Waals surface area contributed by atoms with E-state index in [-0.39, 0.29) is 11.8 Å². The number of aromatic nitrogens is 1. The Morgan fingerprint density at radius 3 is 2.81 bits per heavy atom. The first-order valence-corrected chi connectivity index (χ1v) is 10.5. The van der Waals surface area contributed by atoms with Crippen molar-refractivity contribution in [2.24, 2.45) is 0 Å². The van der Waals surface area contributed by atoms with E-state index in [1.807, 2.05) is 43.0 Å². The Morgan fingerprint density at radius 2 is 2.07 bits per heavy atom. The average Bonchev–Trinajstić information content (AvgIpc) is 3.17. The van der Waals surface area contributed by atoms with E-state index in [4.69, 9.17) is 4.98 Å². The van der Waals surface area contributed by atoms with Crippen LogP contribution in [0.15, 0.2) is 29.6 Å². The Labute approximate surface area is 164 Å². The summed E-state index contributed by atoms with van der Waals surface area (Å²) in [4.78, 5) is 30.8. The molecule has 144 valence electrons. The number of carbonyl (C=O) groups is 2. The molecule has 1 N–H and O–H groups in total. The highest BCUT2D eigenvalue weighted by atomic mass is 32.1. The zero-order valence-corrected chi connectivity index (χ0v) is 16.8. The van der Waals surface area contributed by atoms with Crippen molar-refractivity contribution in [3.63, 3.8) is 0 Å². The van der Waals surface area contributed by atoms with Crippen LogP contribution in [0.25, 0.3) is 0 Å². The maximum absolute atomic E-state index is 12.8. The normalized spacial score (nSPS) is 17.0. The molecule has 0 spiro atoms. The molecule has 2 amide bonds. The topological polar surface area (TPSA) is 62.3 Å². The lowest BCUT2D eigenvalue weighted by Gasteiger charge is -2.32. The van der Waals surface area contributed by atoms with E-state index in [1.165, 1.54) is 0 Å². The van der Waals surface area contributed by atoms with E-state index < -0.39 is 0 Å². The molecule has 0 radical (unpaired) electrons. The first-order chi connectivity index (χ1) is 13.1. The van der Waals surface area contributed by atoms with Gasteiger partial charge in [-0.25, -0.2) is 4.98 Å². The summed E-state index contributed by atoms with van der Waals surface area (Å²) >= 11 is 1.67. The molecule has 2 aromatic rings. The molecule has 1 aromatic carbocycles. The minimum atomic E-state index is 0.0722. The first kappa shape index (κ1) is 19.5. The lowest BCUT2D eigenvalue weighted by Crippen LogP contribution is -2.39. The fourth-order valence-electron chi connectivity index (χ4n) is 3.32. The third-order valence-electron chi connectivity index (χ3n) is 4.95. The number of piperidine rings is 1. The zero-order valence-electron chi connectivity index (χ0n) is 16.0. The molecular formula is C21H27N3O2S. The molecule has 1 fully saturated rings. The second-order valence-electron chi connectivity index (χ2n) is 7.09. The van der Waals surface area contributed by atoms with Gasteiger partial charge in [0.15, 0.2) is 0 Å². The Morgan fingerprint density at radius 1 is 1.30 bits per heavy atom. The van der Waals surface area contributed by atoms with E-state index in [0.717, 1.165) is 54.2 Å². The molecule has 1 aliphatic heterocycles. The van der Waals surface area contributed by atoms with E-state index in [2.05, 4.69) is 10.7 Å². The SMILES string of the molecule is CCC(=O)NCCc1csc([C@H]2CCCN(C(=O)c3ccc(C)cc3)C2)n1. The van der Waals surface area contributed by atoms with E-state index in [0.29, 0.717) is 18.9 Å². The molecule has 2 heterocycles. The van der Waals surface area contributed by atoms with Gasteiger partial charge >= 0.3 is 0 Å². The summed E-state index contributed by atoms with van der Waals surface area (Å²) in [6.45, 7) is 6.04. The number of amides is 2. The van der Waals surface area contributed by atoms with Crippen molar-refractivity contribution < 1.29 is 9.59 Å². The molecular weight excluding hydrogens is 358 g/mol. The van der Waals surface area contributed by atoms with Crippen LogP contribution >= 0.6 is 11.3 Å². The number of rotatable bonds is 6. The van der Waals surface area contributed by atoms with Crippen LogP contribution in [0.2, 0.25) is 0 Å². The van der Waals surface area contributed by atoms with Gasteiger partial charge in [0.25, 0.3) is 5.91 Å². The lowest BCUT2D eigenvalue weighted by atomic mass is 9.98. The van der Waals surface area contributed by atoms with E-state index in [1.54, 1.807) is 11.3 Å². The Hall–Kier alpha value is -2.21. The van der Waals surface area contributed by atoms with Crippen molar-refractivity contribution in [2.75, 3.05) is 19.6 Å². The minimum Gasteiger partial charge on any atom is -0.356 e. The van der Waals surface area contributed by atoms with Crippen LogP contribution in [0.4, 0.5) is 0 Å². The van der Waals surface area contributed by atoms with E-state index in [9.17, 15) is 9.59 Å². The summed E-state index contributed by atoms with van der Waals surface area (Å²) in [6.07, 6.45) is 3.33. The Bertz CT molecular complexity index is 785. The van der Waals surface area contributed by atoms with Gasteiger partial charge in [-0.05, 0) is 31.9 Å². The predicted molar refractivity (Wildman–Crippen MR) is 108 cm³/mol. The summed E-state index contributed by atoms with van der Waals surface area (Å²) in [7, 11) is 0. The fraction of sp³-hybridized carbons (Fsp3) is 0.476. The fourth-order valence-corrected chi connectivity index (χ4v) is 4.30. The summed E-state index contributed by atoms with van der Waals surface area (Å²) in [5.41, 5.74) is 2.94. The summed E-state index contributed by atoms with van der Waals surface area (Å²) in [5.74, 6) is 0.485. The molecule has 1 atom stereocenters. The molecule has 3 rings (SSSR count).